The molecule has 0 radical (unpaired) electrons. The van der Waals surface area contributed by atoms with Gasteiger partial charge >= 0.3 is 0 Å². The van der Waals surface area contributed by atoms with Crippen molar-refractivity contribution < 1.29 is 4.39 Å². The van der Waals surface area contributed by atoms with Crippen LogP contribution < -0.4 is 10.6 Å². The fraction of sp³-hybridized carbons (Fsp3) is 0.375. The van der Waals surface area contributed by atoms with E-state index < -0.39 is 0 Å². The molecule has 0 atom stereocenters. The maximum atomic E-state index is 13.1. The Bertz CT molecular complexity index is 648. The van der Waals surface area contributed by atoms with Crippen molar-refractivity contribution in [2.24, 2.45) is 12.0 Å². The van der Waals surface area contributed by atoms with Crippen LogP contribution in [-0.2, 0) is 20.0 Å². The van der Waals surface area contributed by atoms with E-state index in [1.54, 1.807) is 19.3 Å². The second-order valence-corrected chi connectivity index (χ2v) is 5.12. The Balaban J connectivity index is 1.80. The molecule has 1 heterocycles. The van der Waals surface area contributed by atoms with Gasteiger partial charge in [0, 0.05) is 26.8 Å². The van der Waals surface area contributed by atoms with Crippen LogP contribution >= 0.6 is 0 Å². The normalized spacial score (nSPS) is 11.5. The van der Waals surface area contributed by atoms with Gasteiger partial charge in [-0.2, -0.15) is 5.10 Å². The van der Waals surface area contributed by atoms with Crippen molar-refractivity contribution in [3.05, 3.63) is 53.1 Å². The Morgan fingerprint density at radius 2 is 2.14 bits per heavy atom. The van der Waals surface area contributed by atoms with E-state index >= 15 is 0 Å². The zero-order valence-electron chi connectivity index (χ0n) is 13.2. The first-order valence-corrected chi connectivity index (χ1v) is 7.26. The number of halogens is 1. The smallest absolute Gasteiger partial charge is 0.191 e. The largest absolute Gasteiger partial charge is 0.356 e. The molecule has 0 saturated heterocycles. The van der Waals surface area contributed by atoms with E-state index in [1.807, 2.05) is 30.8 Å². The van der Waals surface area contributed by atoms with Crippen LogP contribution in [0.25, 0.3) is 0 Å². The third-order valence-electron chi connectivity index (χ3n) is 3.57. The number of aliphatic imine (C=N–C) groups is 1. The Morgan fingerprint density at radius 3 is 2.77 bits per heavy atom. The van der Waals surface area contributed by atoms with Gasteiger partial charge in [0.05, 0.1) is 12.2 Å². The Hall–Kier alpha value is -2.37. The predicted molar refractivity (Wildman–Crippen MR) is 86.3 cm³/mol. The Morgan fingerprint density at radius 1 is 1.32 bits per heavy atom. The number of aryl methyl sites for hydroxylation is 2. The molecule has 0 aliphatic rings. The first-order chi connectivity index (χ1) is 10.6. The van der Waals surface area contributed by atoms with Gasteiger partial charge in [0.25, 0.3) is 0 Å². The molecule has 0 bridgehead atoms. The summed E-state index contributed by atoms with van der Waals surface area (Å²) in [6.07, 6.45) is 2.59. The van der Waals surface area contributed by atoms with Gasteiger partial charge in [0.15, 0.2) is 5.96 Å². The van der Waals surface area contributed by atoms with E-state index in [0.29, 0.717) is 6.54 Å². The second-order valence-electron chi connectivity index (χ2n) is 5.12. The molecule has 0 saturated carbocycles. The van der Waals surface area contributed by atoms with E-state index in [-0.39, 0.29) is 5.82 Å². The second kappa shape index (κ2) is 7.59. The quantitative estimate of drug-likeness (QED) is 0.654. The Kier molecular flexibility index (Phi) is 5.52. The lowest BCUT2D eigenvalue weighted by molar-refractivity contribution is 0.625. The summed E-state index contributed by atoms with van der Waals surface area (Å²) in [5, 5.41) is 10.6. The number of aromatic nitrogens is 2. The molecule has 0 unspecified atom stereocenters. The fourth-order valence-electron chi connectivity index (χ4n) is 2.22. The van der Waals surface area contributed by atoms with Crippen molar-refractivity contribution in [3.8, 4) is 0 Å². The number of hydrogen-bond donors (Lipinski definition) is 2. The maximum Gasteiger partial charge on any atom is 0.191 e. The predicted octanol–water partition coefficient (Wildman–Crippen LogP) is 1.78. The van der Waals surface area contributed by atoms with E-state index in [1.165, 1.54) is 6.07 Å². The molecule has 118 valence electrons. The highest BCUT2D eigenvalue weighted by Gasteiger charge is 2.03. The molecule has 0 spiro atoms. The minimum Gasteiger partial charge on any atom is -0.356 e. The van der Waals surface area contributed by atoms with Gasteiger partial charge in [0.2, 0.25) is 0 Å². The highest BCUT2D eigenvalue weighted by atomic mass is 19.1. The molecule has 0 aliphatic heterocycles. The molecule has 0 aliphatic carbocycles. The summed E-state index contributed by atoms with van der Waals surface area (Å²) in [5.74, 6) is 0.545. The molecule has 2 rings (SSSR count). The summed E-state index contributed by atoms with van der Waals surface area (Å²) in [4.78, 5) is 4.19. The molecular formula is C16H22FN5. The lowest BCUT2D eigenvalue weighted by Crippen LogP contribution is -2.38. The summed E-state index contributed by atoms with van der Waals surface area (Å²) in [6, 6.07) is 6.85. The lowest BCUT2D eigenvalue weighted by atomic mass is 10.1. The molecule has 2 aromatic rings. The monoisotopic (exact) mass is 303 g/mol. The van der Waals surface area contributed by atoms with Gasteiger partial charge in [-0.3, -0.25) is 9.67 Å². The molecular weight excluding hydrogens is 281 g/mol. The highest BCUT2D eigenvalue weighted by Crippen LogP contribution is 2.10. The van der Waals surface area contributed by atoms with Gasteiger partial charge < -0.3 is 10.6 Å². The molecule has 1 aromatic heterocycles. The average molecular weight is 303 g/mol. The van der Waals surface area contributed by atoms with Gasteiger partial charge in [-0.05, 0) is 42.7 Å². The minimum absolute atomic E-state index is 0.192. The number of nitrogens with one attached hydrogen (secondary N) is 2. The molecule has 0 fully saturated rings. The van der Waals surface area contributed by atoms with E-state index in [9.17, 15) is 4.39 Å². The van der Waals surface area contributed by atoms with Crippen molar-refractivity contribution in [2.75, 3.05) is 13.6 Å². The lowest BCUT2D eigenvalue weighted by Gasteiger charge is -2.12. The van der Waals surface area contributed by atoms with Gasteiger partial charge in [-0.25, -0.2) is 4.39 Å². The molecule has 0 amide bonds. The number of benzene rings is 1. The van der Waals surface area contributed by atoms with Gasteiger partial charge in [0.1, 0.15) is 5.82 Å². The minimum atomic E-state index is -0.192. The molecule has 22 heavy (non-hydrogen) atoms. The van der Waals surface area contributed by atoms with Gasteiger partial charge in [-0.1, -0.05) is 6.07 Å². The van der Waals surface area contributed by atoms with Crippen molar-refractivity contribution in [2.45, 2.75) is 19.9 Å². The van der Waals surface area contributed by atoms with Crippen LogP contribution in [0, 0.1) is 12.7 Å². The topological polar surface area (TPSA) is 54.2 Å². The summed E-state index contributed by atoms with van der Waals surface area (Å²) in [6.45, 7) is 3.32. The van der Waals surface area contributed by atoms with E-state index in [0.717, 1.165) is 35.7 Å². The van der Waals surface area contributed by atoms with Crippen LogP contribution in [-0.4, -0.2) is 29.3 Å². The number of rotatable bonds is 5. The van der Waals surface area contributed by atoms with Crippen LogP contribution in [0.2, 0.25) is 0 Å². The maximum absolute atomic E-state index is 13.1. The van der Waals surface area contributed by atoms with E-state index in [4.69, 9.17) is 0 Å². The fourth-order valence-corrected chi connectivity index (χ4v) is 2.22. The van der Waals surface area contributed by atoms with Crippen molar-refractivity contribution in [1.29, 1.82) is 0 Å². The number of guanidine groups is 1. The number of nitrogens with zero attached hydrogens (tertiary/aromatic N) is 3. The van der Waals surface area contributed by atoms with Gasteiger partial charge in [-0.15, -0.1) is 0 Å². The summed E-state index contributed by atoms with van der Waals surface area (Å²) >= 11 is 0. The summed E-state index contributed by atoms with van der Waals surface area (Å²) < 4.78 is 14.9. The van der Waals surface area contributed by atoms with Crippen LogP contribution in [0.5, 0.6) is 0 Å². The molecule has 6 heteroatoms. The third-order valence-corrected chi connectivity index (χ3v) is 3.57. The van der Waals surface area contributed by atoms with Crippen molar-refractivity contribution >= 4 is 5.96 Å². The van der Waals surface area contributed by atoms with Crippen LogP contribution in [0.4, 0.5) is 4.39 Å². The molecule has 1 aromatic carbocycles. The summed E-state index contributed by atoms with van der Waals surface area (Å²) in [7, 11) is 3.65. The summed E-state index contributed by atoms with van der Waals surface area (Å²) in [5.41, 5.74) is 3.19. The van der Waals surface area contributed by atoms with Crippen LogP contribution in [0.3, 0.4) is 0 Å². The van der Waals surface area contributed by atoms with Crippen molar-refractivity contribution in [1.82, 2.24) is 20.4 Å². The van der Waals surface area contributed by atoms with Crippen LogP contribution in [0.1, 0.15) is 16.8 Å². The number of hydrogen-bond acceptors (Lipinski definition) is 2. The first kappa shape index (κ1) is 16.0. The van der Waals surface area contributed by atoms with Crippen LogP contribution in [0.15, 0.2) is 35.5 Å². The average Bonchev–Trinajstić information content (AvgIpc) is 2.90. The molecule has 2 N–H and O–H groups in total. The van der Waals surface area contributed by atoms with E-state index in [2.05, 4.69) is 20.7 Å². The third kappa shape index (κ3) is 4.31. The first-order valence-electron chi connectivity index (χ1n) is 7.26. The van der Waals surface area contributed by atoms with Crippen molar-refractivity contribution in [3.63, 3.8) is 0 Å². The molecule has 5 nitrogen and oxygen atoms in total. The zero-order valence-corrected chi connectivity index (χ0v) is 13.2. The Labute approximate surface area is 130 Å². The zero-order chi connectivity index (χ0) is 15.9. The highest BCUT2D eigenvalue weighted by molar-refractivity contribution is 5.79. The standard InChI is InChI=1S/C16H22FN5/c1-12-10-14(17)5-4-13(12)6-8-19-16(18-2)20-11-15-7-9-21-22(15)3/h4-5,7,9-10H,6,8,11H2,1-3H3,(H2,18,19,20). The SMILES string of the molecule is CN=C(NCCc1ccc(F)cc1C)NCc1ccnn1C.